The van der Waals surface area contributed by atoms with Crippen molar-refractivity contribution in [1.82, 2.24) is 5.32 Å². The standard InChI is InChI=1S/C20H26N2O3.ClH/c1-16(14-21-2)20(23)22-18-8-6-7-17(13-18)15-24-11-12-25-19-9-4-3-5-10-19;/h3-10,13,16,21H,11-12,14-15H2,1-2H3,(H,22,23);1H. The van der Waals surface area contributed by atoms with Crippen LogP contribution in [0.4, 0.5) is 5.69 Å². The van der Waals surface area contributed by atoms with Crippen molar-refractivity contribution in [2.24, 2.45) is 5.92 Å². The van der Waals surface area contributed by atoms with Gasteiger partial charge in [-0.25, -0.2) is 0 Å². The van der Waals surface area contributed by atoms with Crippen LogP contribution in [0.25, 0.3) is 0 Å². The third kappa shape index (κ3) is 7.87. The molecular formula is C20H27ClN2O3. The Bertz CT molecular complexity index is 653. The molecule has 0 heterocycles. The molecule has 2 aromatic rings. The summed E-state index contributed by atoms with van der Waals surface area (Å²) in [5, 5.41) is 5.94. The van der Waals surface area contributed by atoms with Gasteiger partial charge in [0.25, 0.3) is 0 Å². The highest BCUT2D eigenvalue weighted by atomic mass is 35.5. The molecule has 2 aromatic carbocycles. The van der Waals surface area contributed by atoms with Gasteiger partial charge >= 0.3 is 0 Å². The zero-order valence-electron chi connectivity index (χ0n) is 15.2. The van der Waals surface area contributed by atoms with E-state index in [2.05, 4.69) is 10.6 Å². The predicted molar refractivity (Wildman–Crippen MR) is 107 cm³/mol. The van der Waals surface area contributed by atoms with Gasteiger partial charge in [0.15, 0.2) is 0 Å². The maximum atomic E-state index is 12.0. The Hall–Kier alpha value is -2.08. The SMILES string of the molecule is CNCC(C)C(=O)Nc1cccc(COCCOc2ccccc2)c1.Cl. The molecule has 0 aliphatic rings. The minimum Gasteiger partial charge on any atom is -0.491 e. The fourth-order valence-electron chi connectivity index (χ4n) is 2.33. The topological polar surface area (TPSA) is 59.6 Å². The molecule has 1 unspecified atom stereocenters. The van der Waals surface area contributed by atoms with Gasteiger partial charge in [-0.3, -0.25) is 4.79 Å². The highest BCUT2D eigenvalue weighted by Crippen LogP contribution is 2.13. The summed E-state index contributed by atoms with van der Waals surface area (Å²) < 4.78 is 11.2. The van der Waals surface area contributed by atoms with Crippen molar-refractivity contribution in [2.75, 3.05) is 32.1 Å². The van der Waals surface area contributed by atoms with Crippen molar-refractivity contribution in [3.8, 4) is 5.75 Å². The molecule has 1 atom stereocenters. The number of amides is 1. The van der Waals surface area contributed by atoms with E-state index < -0.39 is 0 Å². The monoisotopic (exact) mass is 378 g/mol. The highest BCUT2D eigenvalue weighted by molar-refractivity contribution is 5.92. The molecule has 0 aromatic heterocycles. The largest absolute Gasteiger partial charge is 0.491 e. The summed E-state index contributed by atoms with van der Waals surface area (Å²) in [6, 6.07) is 17.4. The lowest BCUT2D eigenvalue weighted by Crippen LogP contribution is -2.28. The molecule has 0 radical (unpaired) electrons. The summed E-state index contributed by atoms with van der Waals surface area (Å²) in [4.78, 5) is 12.0. The van der Waals surface area contributed by atoms with E-state index in [-0.39, 0.29) is 24.2 Å². The number of anilines is 1. The quantitative estimate of drug-likeness (QED) is 0.621. The summed E-state index contributed by atoms with van der Waals surface area (Å²) >= 11 is 0. The number of carbonyl (C=O) groups is 1. The summed E-state index contributed by atoms with van der Waals surface area (Å²) in [5.74, 6) is 0.759. The number of benzene rings is 2. The Morgan fingerprint density at radius 3 is 2.58 bits per heavy atom. The second kappa shape index (κ2) is 12.3. The van der Waals surface area contributed by atoms with Crippen LogP contribution in [0.5, 0.6) is 5.75 Å². The molecule has 2 N–H and O–H groups in total. The number of hydrogen-bond acceptors (Lipinski definition) is 4. The maximum Gasteiger partial charge on any atom is 0.228 e. The molecular weight excluding hydrogens is 352 g/mol. The zero-order valence-corrected chi connectivity index (χ0v) is 16.1. The number of para-hydroxylation sites is 1. The fourth-order valence-corrected chi connectivity index (χ4v) is 2.33. The lowest BCUT2D eigenvalue weighted by atomic mass is 10.1. The average molecular weight is 379 g/mol. The Kier molecular flexibility index (Phi) is 10.4. The third-order valence-electron chi connectivity index (χ3n) is 3.66. The van der Waals surface area contributed by atoms with E-state index in [0.717, 1.165) is 17.0 Å². The molecule has 0 aliphatic heterocycles. The van der Waals surface area contributed by atoms with Gasteiger partial charge in [-0.2, -0.15) is 0 Å². The number of halogens is 1. The van der Waals surface area contributed by atoms with Crippen LogP contribution in [0.1, 0.15) is 12.5 Å². The van der Waals surface area contributed by atoms with E-state index in [0.29, 0.717) is 26.4 Å². The second-order valence-electron chi connectivity index (χ2n) is 5.86. The van der Waals surface area contributed by atoms with Crippen molar-refractivity contribution in [2.45, 2.75) is 13.5 Å². The zero-order chi connectivity index (χ0) is 17.9. The number of carbonyl (C=O) groups excluding carboxylic acids is 1. The summed E-state index contributed by atoms with van der Waals surface area (Å²) in [6.45, 7) is 4.03. The van der Waals surface area contributed by atoms with Crippen LogP contribution in [-0.2, 0) is 16.1 Å². The van der Waals surface area contributed by atoms with E-state index in [1.807, 2.05) is 68.6 Å². The van der Waals surface area contributed by atoms with Crippen LogP contribution in [0.3, 0.4) is 0 Å². The van der Waals surface area contributed by atoms with Gasteiger partial charge in [-0.15, -0.1) is 12.4 Å². The van der Waals surface area contributed by atoms with Crippen LogP contribution >= 0.6 is 12.4 Å². The van der Waals surface area contributed by atoms with Gasteiger partial charge in [0.1, 0.15) is 12.4 Å². The molecule has 5 nitrogen and oxygen atoms in total. The summed E-state index contributed by atoms with van der Waals surface area (Å²) in [7, 11) is 1.84. The summed E-state index contributed by atoms with van der Waals surface area (Å²) in [5.41, 5.74) is 1.80. The number of ether oxygens (including phenoxy) is 2. The first-order valence-corrected chi connectivity index (χ1v) is 8.49. The van der Waals surface area contributed by atoms with Crippen molar-refractivity contribution >= 4 is 24.0 Å². The highest BCUT2D eigenvalue weighted by Gasteiger charge is 2.11. The van der Waals surface area contributed by atoms with Crippen molar-refractivity contribution in [3.05, 3.63) is 60.2 Å². The van der Waals surface area contributed by atoms with Crippen LogP contribution in [-0.4, -0.2) is 32.7 Å². The van der Waals surface area contributed by atoms with Crippen LogP contribution < -0.4 is 15.4 Å². The third-order valence-corrected chi connectivity index (χ3v) is 3.66. The average Bonchev–Trinajstić information content (AvgIpc) is 2.63. The Balaban J connectivity index is 0.00000338. The van der Waals surface area contributed by atoms with Crippen molar-refractivity contribution < 1.29 is 14.3 Å². The minimum atomic E-state index is -0.0833. The van der Waals surface area contributed by atoms with Gasteiger partial charge in [0, 0.05) is 18.2 Å². The predicted octanol–water partition coefficient (Wildman–Crippen LogP) is 3.50. The van der Waals surface area contributed by atoms with E-state index in [1.165, 1.54) is 0 Å². The molecule has 0 spiro atoms. The van der Waals surface area contributed by atoms with Crippen LogP contribution in [0, 0.1) is 5.92 Å². The Morgan fingerprint density at radius 2 is 1.85 bits per heavy atom. The first-order chi connectivity index (χ1) is 12.2. The molecule has 0 aliphatic carbocycles. The van der Waals surface area contributed by atoms with E-state index in [1.54, 1.807) is 0 Å². The second-order valence-corrected chi connectivity index (χ2v) is 5.86. The number of nitrogens with one attached hydrogen (secondary N) is 2. The van der Waals surface area contributed by atoms with Gasteiger partial charge < -0.3 is 20.1 Å². The van der Waals surface area contributed by atoms with Crippen molar-refractivity contribution in [1.29, 1.82) is 0 Å². The van der Waals surface area contributed by atoms with E-state index in [4.69, 9.17) is 9.47 Å². The molecule has 6 heteroatoms. The van der Waals surface area contributed by atoms with Gasteiger partial charge in [-0.1, -0.05) is 37.3 Å². The van der Waals surface area contributed by atoms with E-state index >= 15 is 0 Å². The number of rotatable bonds is 10. The smallest absolute Gasteiger partial charge is 0.228 e. The van der Waals surface area contributed by atoms with Crippen LogP contribution in [0.2, 0.25) is 0 Å². The van der Waals surface area contributed by atoms with Crippen LogP contribution in [0.15, 0.2) is 54.6 Å². The molecule has 0 saturated carbocycles. The molecule has 0 saturated heterocycles. The Morgan fingerprint density at radius 1 is 1.08 bits per heavy atom. The Labute approximate surface area is 161 Å². The van der Waals surface area contributed by atoms with Gasteiger partial charge in [-0.05, 0) is 36.9 Å². The van der Waals surface area contributed by atoms with E-state index in [9.17, 15) is 4.79 Å². The van der Waals surface area contributed by atoms with Crippen molar-refractivity contribution in [3.63, 3.8) is 0 Å². The first-order valence-electron chi connectivity index (χ1n) is 8.49. The van der Waals surface area contributed by atoms with Gasteiger partial charge in [0.05, 0.1) is 13.2 Å². The molecule has 0 fully saturated rings. The molecule has 0 bridgehead atoms. The molecule has 1 amide bonds. The molecule has 2 rings (SSSR count). The molecule has 142 valence electrons. The number of hydrogen-bond donors (Lipinski definition) is 2. The fraction of sp³-hybridized carbons (Fsp3) is 0.350. The normalized spacial score (nSPS) is 11.3. The molecule has 26 heavy (non-hydrogen) atoms. The maximum absolute atomic E-state index is 12.0. The van der Waals surface area contributed by atoms with Gasteiger partial charge in [0.2, 0.25) is 5.91 Å². The summed E-state index contributed by atoms with van der Waals surface area (Å²) in [6.07, 6.45) is 0. The first kappa shape index (κ1) is 22.0. The minimum absolute atomic E-state index is 0. The lowest BCUT2D eigenvalue weighted by Gasteiger charge is -2.12. The lowest BCUT2D eigenvalue weighted by molar-refractivity contribution is -0.119.